The van der Waals surface area contributed by atoms with Crippen LogP contribution in [0.5, 0.6) is 0 Å². The lowest BCUT2D eigenvalue weighted by Gasteiger charge is -2.33. The maximum atomic E-state index is 12.5. The number of carbonyl (C=O) groups is 1. The van der Waals surface area contributed by atoms with Crippen LogP contribution in [0.2, 0.25) is 0 Å². The van der Waals surface area contributed by atoms with Gasteiger partial charge in [0.15, 0.2) is 5.11 Å². The van der Waals surface area contributed by atoms with E-state index in [4.69, 9.17) is 12.2 Å². The topological polar surface area (TPSA) is 64.9 Å². The van der Waals surface area contributed by atoms with Crippen LogP contribution in [-0.2, 0) is 12.8 Å². The molecule has 0 bridgehead atoms. The van der Waals surface area contributed by atoms with Gasteiger partial charge in [0.1, 0.15) is 11.1 Å². The number of hydrogen-bond acceptors (Lipinski definition) is 4. The zero-order valence-electron chi connectivity index (χ0n) is 16.1. The van der Waals surface area contributed by atoms with Crippen LogP contribution in [0.25, 0.3) is 0 Å². The number of hydrogen-bond donors (Lipinski definition) is 2. The van der Waals surface area contributed by atoms with Crippen molar-refractivity contribution in [2.75, 3.05) is 5.32 Å². The highest BCUT2D eigenvalue weighted by molar-refractivity contribution is 14.1. The second kappa shape index (κ2) is 8.47. The summed E-state index contributed by atoms with van der Waals surface area (Å²) in [4.78, 5) is 13.7. The van der Waals surface area contributed by atoms with Crippen molar-refractivity contribution in [3.8, 4) is 6.07 Å². The lowest BCUT2D eigenvalue weighted by Crippen LogP contribution is -2.34. The molecule has 0 saturated heterocycles. The number of thiophene rings is 1. The van der Waals surface area contributed by atoms with E-state index in [9.17, 15) is 10.1 Å². The predicted molar refractivity (Wildman–Crippen MR) is 127 cm³/mol. The van der Waals surface area contributed by atoms with Gasteiger partial charge in [-0.15, -0.1) is 11.3 Å². The van der Waals surface area contributed by atoms with Gasteiger partial charge < -0.3 is 5.32 Å². The number of anilines is 1. The van der Waals surface area contributed by atoms with E-state index in [0.717, 1.165) is 33.4 Å². The van der Waals surface area contributed by atoms with Gasteiger partial charge >= 0.3 is 0 Å². The number of thiocarbonyl (C=S) groups is 1. The SMILES string of the molecule is CC(C)(C)[C@@H]1CCc2c(sc(NC(=S)NC(=O)c3ccccc3I)c2C#N)C1. The molecule has 1 aliphatic carbocycles. The molecule has 0 fully saturated rings. The van der Waals surface area contributed by atoms with Crippen LogP contribution in [-0.4, -0.2) is 11.0 Å². The van der Waals surface area contributed by atoms with Crippen LogP contribution < -0.4 is 10.6 Å². The van der Waals surface area contributed by atoms with Crippen molar-refractivity contribution in [1.29, 1.82) is 5.26 Å². The first-order chi connectivity index (χ1) is 13.2. The first-order valence-electron chi connectivity index (χ1n) is 9.12. The van der Waals surface area contributed by atoms with Crippen LogP contribution in [0.3, 0.4) is 0 Å². The molecule has 7 heteroatoms. The van der Waals surface area contributed by atoms with Gasteiger partial charge in [0.25, 0.3) is 5.91 Å². The van der Waals surface area contributed by atoms with E-state index in [2.05, 4.69) is 60.1 Å². The van der Waals surface area contributed by atoms with E-state index in [1.165, 1.54) is 4.88 Å². The molecule has 0 unspecified atom stereocenters. The summed E-state index contributed by atoms with van der Waals surface area (Å²) in [5.74, 6) is 0.347. The lowest BCUT2D eigenvalue weighted by atomic mass is 9.72. The Labute approximate surface area is 188 Å². The minimum Gasteiger partial charge on any atom is -0.323 e. The molecule has 0 spiro atoms. The smallest absolute Gasteiger partial charge is 0.258 e. The Balaban J connectivity index is 1.75. The maximum absolute atomic E-state index is 12.5. The minimum atomic E-state index is -0.255. The zero-order chi connectivity index (χ0) is 20.5. The van der Waals surface area contributed by atoms with E-state index in [1.54, 1.807) is 17.4 Å². The van der Waals surface area contributed by atoms with E-state index in [0.29, 0.717) is 17.0 Å². The summed E-state index contributed by atoms with van der Waals surface area (Å²) >= 11 is 9.05. The van der Waals surface area contributed by atoms with Crippen LogP contribution in [0.4, 0.5) is 5.00 Å². The molecule has 2 N–H and O–H groups in total. The Morgan fingerprint density at radius 2 is 2.07 bits per heavy atom. The number of rotatable bonds is 2. The number of nitrogens with zero attached hydrogens (tertiary/aromatic N) is 1. The van der Waals surface area contributed by atoms with Crippen molar-refractivity contribution in [3.63, 3.8) is 0 Å². The quantitative estimate of drug-likeness (QED) is 0.403. The van der Waals surface area contributed by atoms with Crippen LogP contribution >= 0.6 is 46.1 Å². The Kier molecular flexibility index (Phi) is 6.42. The highest BCUT2D eigenvalue weighted by atomic mass is 127. The van der Waals surface area contributed by atoms with Crippen molar-refractivity contribution in [3.05, 3.63) is 49.4 Å². The van der Waals surface area contributed by atoms with Gasteiger partial charge in [-0.3, -0.25) is 10.1 Å². The lowest BCUT2D eigenvalue weighted by molar-refractivity contribution is 0.0977. The predicted octanol–water partition coefficient (Wildman–Crippen LogP) is 5.50. The molecular formula is C21H22IN3OS2. The summed E-state index contributed by atoms with van der Waals surface area (Å²) < 4.78 is 0.859. The number of halogens is 1. The number of nitrogens with one attached hydrogen (secondary N) is 2. The Bertz CT molecular complexity index is 969. The van der Waals surface area contributed by atoms with Crippen molar-refractivity contribution < 1.29 is 4.79 Å². The number of carbonyl (C=O) groups excluding carboxylic acids is 1. The Morgan fingerprint density at radius 3 is 2.71 bits per heavy atom. The molecule has 3 rings (SSSR count). The van der Waals surface area contributed by atoms with Gasteiger partial charge in [-0.1, -0.05) is 32.9 Å². The standard InChI is InChI=1S/C21H22IN3OS2/c1-21(2,3)12-8-9-13-15(11-23)19(28-17(13)10-12)25-20(27)24-18(26)14-6-4-5-7-16(14)22/h4-7,12H,8-10H2,1-3H3,(H2,24,25,26,27)/t12-/m1/s1. The molecule has 4 nitrogen and oxygen atoms in total. The fraction of sp³-hybridized carbons (Fsp3) is 0.381. The maximum Gasteiger partial charge on any atom is 0.258 e. The fourth-order valence-electron chi connectivity index (χ4n) is 3.48. The van der Waals surface area contributed by atoms with Crippen molar-refractivity contribution in [1.82, 2.24) is 5.32 Å². The summed E-state index contributed by atoms with van der Waals surface area (Å²) in [7, 11) is 0. The summed E-state index contributed by atoms with van der Waals surface area (Å²) in [5.41, 5.74) is 2.63. The molecule has 1 heterocycles. The van der Waals surface area contributed by atoms with Gasteiger partial charge in [-0.2, -0.15) is 5.26 Å². The molecule has 0 saturated carbocycles. The molecule has 146 valence electrons. The van der Waals surface area contributed by atoms with E-state index in [-0.39, 0.29) is 16.4 Å². The normalized spacial score (nSPS) is 16.0. The van der Waals surface area contributed by atoms with Gasteiger partial charge in [-0.05, 0) is 83.1 Å². The van der Waals surface area contributed by atoms with Crippen LogP contribution in [0.1, 0.15) is 53.6 Å². The van der Waals surface area contributed by atoms with Gasteiger partial charge in [0.05, 0.1) is 11.1 Å². The van der Waals surface area contributed by atoms with Crippen molar-refractivity contribution in [2.45, 2.75) is 40.0 Å². The number of nitriles is 1. The molecule has 1 aromatic heterocycles. The number of benzene rings is 1. The summed E-state index contributed by atoms with van der Waals surface area (Å²) in [6.07, 6.45) is 3.00. The largest absolute Gasteiger partial charge is 0.323 e. The second-order valence-corrected chi connectivity index (χ2v) is 10.7. The van der Waals surface area contributed by atoms with Gasteiger partial charge in [-0.25, -0.2) is 0 Å². The van der Waals surface area contributed by atoms with Crippen LogP contribution in [0.15, 0.2) is 24.3 Å². The monoisotopic (exact) mass is 523 g/mol. The average molecular weight is 523 g/mol. The first-order valence-corrected chi connectivity index (χ1v) is 11.4. The molecule has 2 aromatic rings. The van der Waals surface area contributed by atoms with Crippen molar-refractivity contribution >= 4 is 62.2 Å². The van der Waals surface area contributed by atoms with Gasteiger partial charge in [0, 0.05) is 8.45 Å². The Morgan fingerprint density at radius 1 is 1.36 bits per heavy atom. The van der Waals surface area contributed by atoms with Crippen LogP contribution in [0, 0.1) is 26.2 Å². The fourth-order valence-corrected chi connectivity index (χ4v) is 5.66. The summed E-state index contributed by atoms with van der Waals surface area (Å²) in [5, 5.41) is 16.4. The third-order valence-electron chi connectivity index (χ3n) is 5.17. The molecular weight excluding hydrogens is 501 g/mol. The molecule has 1 aromatic carbocycles. The molecule has 28 heavy (non-hydrogen) atoms. The molecule has 0 radical (unpaired) electrons. The highest BCUT2D eigenvalue weighted by Gasteiger charge is 2.32. The summed E-state index contributed by atoms with van der Waals surface area (Å²) in [6, 6.07) is 9.67. The number of amides is 1. The number of fused-ring (bicyclic) bond motifs is 1. The molecule has 1 aliphatic rings. The highest BCUT2D eigenvalue weighted by Crippen LogP contribution is 2.43. The zero-order valence-corrected chi connectivity index (χ0v) is 19.8. The first kappa shape index (κ1) is 21.2. The molecule has 1 amide bonds. The van der Waals surface area contributed by atoms with E-state index < -0.39 is 0 Å². The third kappa shape index (κ3) is 4.56. The molecule has 0 aliphatic heterocycles. The third-order valence-corrected chi connectivity index (χ3v) is 7.49. The average Bonchev–Trinajstić information content (AvgIpc) is 2.97. The van der Waals surface area contributed by atoms with E-state index >= 15 is 0 Å². The van der Waals surface area contributed by atoms with Crippen molar-refractivity contribution in [2.24, 2.45) is 11.3 Å². The minimum absolute atomic E-state index is 0.215. The Hall–Kier alpha value is -1.50. The van der Waals surface area contributed by atoms with E-state index in [1.807, 2.05) is 18.2 Å². The second-order valence-electron chi connectivity index (χ2n) is 8.01. The van der Waals surface area contributed by atoms with Gasteiger partial charge in [0.2, 0.25) is 0 Å². The summed E-state index contributed by atoms with van der Waals surface area (Å²) in [6.45, 7) is 6.82. The molecule has 1 atom stereocenters.